The molecule has 0 atom stereocenters. The van der Waals surface area contributed by atoms with Crippen molar-refractivity contribution in [1.82, 2.24) is 14.4 Å². The third kappa shape index (κ3) is 4.82. The van der Waals surface area contributed by atoms with Gasteiger partial charge in [0.25, 0.3) is 11.5 Å². The van der Waals surface area contributed by atoms with E-state index in [1.807, 2.05) is 31.2 Å². The van der Waals surface area contributed by atoms with Crippen LogP contribution in [0.3, 0.4) is 0 Å². The van der Waals surface area contributed by atoms with Crippen molar-refractivity contribution < 1.29 is 14.3 Å². The third-order valence-electron chi connectivity index (χ3n) is 5.76. The number of likely N-dealkylation sites (N-methyl/N-ethyl adjacent to an activating group) is 2. The largest absolute Gasteiger partial charge is 0.489 e. The van der Waals surface area contributed by atoms with E-state index in [0.717, 1.165) is 35.2 Å². The fraction of sp³-hybridized carbons (Fsp3) is 0.500. The first-order valence-electron chi connectivity index (χ1n) is 11.2. The average Bonchev–Trinajstić information content (AvgIpc) is 3.20. The Morgan fingerprint density at radius 1 is 1.09 bits per heavy atom. The molecule has 32 heavy (non-hydrogen) atoms. The first-order valence-corrected chi connectivity index (χ1v) is 12.0. The number of aromatic nitrogens is 1. The zero-order valence-corrected chi connectivity index (χ0v) is 20.5. The van der Waals surface area contributed by atoms with Gasteiger partial charge in [0.15, 0.2) is 5.75 Å². The summed E-state index contributed by atoms with van der Waals surface area (Å²) in [5.74, 6) is 0.242. The average molecular weight is 460 g/mol. The molecule has 0 N–H and O–H groups in total. The van der Waals surface area contributed by atoms with Crippen LogP contribution >= 0.6 is 11.3 Å². The van der Waals surface area contributed by atoms with Crippen molar-refractivity contribution in [2.45, 2.75) is 20.8 Å². The summed E-state index contributed by atoms with van der Waals surface area (Å²) >= 11 is 1.34. The summed E-state index contributed by atoms with van der Waals surface area (Å²) in [6, 6.07) is 7.76. The van der Waals surface area contributed by atoms with Crippen molar-refractivity contribution >= 4 is 38.2 Å². The smallest absolute Gasteiger partial charge is 0.267 e. The van der Waals surface area contributed by atoms with Gasteiger partial charge < -0.3 is 23.8 Å². The maximum Gasteiger partial charge on any atom is 0.267 e. The quantitative estimate of drug-likeness (QED) is 0.410. The lowest BCUT2D eigenvalue weighted by atomic mass is 10.1. The Bertz CT molecular complexity index is 1130. The van der Waals surface area contributed by atoms with E-state index in [1.54, 1.807) is 23.6 Å². The van der Waals surface area contributed by atoms with Crippen molar-refractivity contribution in [2.75, 3.05) is 53.0 Å². The number of rotatable bonds is 11. The van der Waals surface area contributed by atoms with E-state index in [-0.39, 0.29) is 18.1 Å². The number of hydrogen-bond acceptors (Lipinski definition) is 6. The predicted molar refractivity (Wildman–Crippen MR) is 131 cm³/mol. The maximum atomic E-state index is 13.4. The van der Waals surface area contributed by atoms with Crippen LogP contribution in [0.25, 0.3) is 21.0 Å². The number of ether oxygens (including phenoxy) is 2. The van der Waals surface area contributed by atoms with Gasteiger partial charge in [-0.1, -0.05) is 32.0 Å². The Labute approximate surface area is 193 Å². The SMILES string of the molecule is CCOCCOc1c(C(=O)N(C)CCN(CC)CC)sc2c1c(=O)n(C)c1ccccc21. The number of nitrogens with zero attached hydrogens (tertiary/aromatic N) is 3. The van der Waals surface area contributed by atoms with E-state index in [0.29, 0.717) is 35.8 Å². The normalized spacial score (nSPS) is 11.6. The molecule has 3 aromatic rings. The number of thiophene rings is 1. The van der Waals surface area contributed by atoms with Crippen LogP contribution in [0, 0.1) is 0 Å². The Kier molecular flexibility index (Phi) is 8.28. The summed E-state index contributed by atoms with van der Waals surface area (Å²) in [5, 5.41) is 1.40. The van der Waals surface area contributed by atoms with Crippen LogP contribution in [0.1, 0.15) is 30.4 Å². The molecule has 0 fully saturated rings. The summed E-state index contributed by atoms with van der Waals surface area (Å²) in [7, 11) is 3.56. The molecule has 0 spiro atoms. The standard InChI is InChI=1S/C24H33N3O4S/c1-6-27(7-2)14-13-25(4)24(29)22-20(31-16-15-30-8-3)19-21(32-22)17-11-9-10-12-18(17)26(5)23(19)28/h9-12H,6-8,13-16H2,1-5H3. The molecule has 0 aliphatic heterocycles. The second-order valence-corrected chi connectivity index (χ2v) is 8.67. The number of benzene rings is 1. The Balaban J connectivity index is 2.07. The molecule has 7 nitrogen and oxygen atoms in total. The first kappa shape index (κ1) is 24.2. The zero-order chi connectivity index (χ0) is 23.3. The molecular formula is C24H33N3O4S. The maximum absolute atomic E-state index is 13.4. The van der Waals surface area contributed by atoms with E-state index in [1.165, 1.54) is 11.3 Å². The molecular weight excluding hydrogens is 426 g/mol. The lowest BCUT2D eigenvalue weighted by molar-refractivity contribution is 0.0775. The van der Waals surface area contributed by atoms with E-state index in [4.69, 9.17) is 9.47 Å². The number of amides is 1. The van der Waals surface area contributed by atoms with Gasteiger partial charge in [0.1, 0.15) is 16.9 Å². The van der Waals surface area contributed by atoms with Gasteiger partial charge in [-0.05, 0) is 26.1 Å². The molecule has 2 aromatic heterocycles. The minimum absolute atomic E-state index is 0.129. The molecule has 0 saturated carbocycles. The van der Waals surface area contributed by atoms with Crippen molar-refractivity contribution in [3.8, 4) is 5.75 Å². The van der Waals surface area contributed by atoms with Crippen LogP contribution in [0.5, 0.6) is 5.75 Å². The Hall–Kier alpha value is -2.42. The summed E-state index contributed by atoms with van der Waals surface area (Å²) < 4.78 is 13.8. The summed E-state index contributed by atoms with van der Waals surface area (Å²) in [6.07, 6.45) is 0. The van der Waals surface area contributed by atoms with Crippen LogP contribution in [0.15, 0.2) is 29.1 Å². The van der Waals surface area contributed by atoms with Gasteiger partial charge in [-0.2, -0.15) is 0 Å². The molecule has 174 valence electrons. The van der Waals surface area contributed by atoms with Gasteiger partial charge in [0, 0.05) is 39.2 Å². The minimum atomic E-state index is -0.161. The Morgan fingerprint density at radius 2 is 1.81 bits per heavy atom. The molecule has 0 unspecified atom stereocenters. The molecule has 2 heterocycles. The van der Waals surface area contributed by atoms with E-state index in [2.05, 4.69) is 18.7 Å². The molecule has 0 aliphatic rings. The highest BCUT2D eigenvalue weighted by molar-refractivity contribution is 7.22. The van der Waals surface area contributed by atoms with E-state index < -0.39 is 0 Å². The second-order valence-electron chi connectivity index (χ2n) is 7.64. The van der Waals surface area contributed by atoms with Gasteiger partial charge in [0.05, 0.1) is 16.8 Å². The Morgan fingerprint density at radius 3 is 2.50 bits per heavy atom. The van der Waals surface area contributed by atoms with Crippen LogP contribution in [0.4, 0.5) is 0 Å². The molecule has 0 aliphatic carbocycles. The fourth-order valence-corrected chi connectivity index (χ4v) is 5.03. The van der Waals surface area contributed by atoms with Gasteiger partial charge in [-0.15, -0.1) is 11.3 Å². The molecule has 1 aromatic carbocycles. The highest BCUT2D eigenvalue weighted by Gasteiger charge is 2.26. The third-order valence-corrected chi connectivity index (χ3v) is 6.95. The number of aryl methyl sites for hydroxylation is 1. The van der Waals surface area contributed by atoms with Crippen molar-refractivity contribution in [3.05, 3.63) is 39.5 Å². The number of carbonyl (C=O) groups excluding carboxylic acids is 1. The van der Waals surface area contributed by atoms with Crippen molar-refractivity contribution in [1.29, 1.82) is 0 Å². The summed E-state index contributed by atoms with van der Waals surface area (Å²) in [4.78, 5) is 31.2. The van der Waals surface area contributed by atoms with Crippen LogP contribution in [0.2, 0.25) is 0 Å². The van der Waals surface area contributed by atoms with Gasteiger partial charge in [-0.25, -0.2) is 0 Å². The second kappa shape index (κ2) is 10.9. The highest BCUT2D eigenvalue weighted by atomic mass is 32.1. The zero-order valence-electron chi connectivity index (χ0n) is 19.6. The molecule has 1 amide bonds. The van der Waals surface area contributed by atoms with Gasteiger partial charge in [-0.3, -0.25) is 9.59 Å². The van der Waals surface area contributed by atoms with Crippen LogP contribution < -0.4 is 10.3 Å². The number of hydrogen-bond donors (Lipinski definition) is 0. The first-order chi connectivity index (χ1) is 15.4. The summed E-state index contributed by atoms with van der Waals surface area (Å²) in [5.41, 5.74) is 0.673. The number of para-hydroxylation sites is 1. The van der Waals surface area contributed by atoms with Crippen LogP contribution in [-0.2, 0) is 11.8 Å². The van der Waals surface area contributed by atoms with E-state index in [9.17, 15) is 9.59 Å². The fourth-order valence-electron chi connectivity index (χ4n) is 3.77. The van der Waals surface area contributed by atoms with Crippen molar-refractivity contribution in [3.63, 3.8) is 0 Å². The van der Waals surface area contributed by atoms with Crippen molar-refractivity contribution in [2.24, 2.45) is 7.05 Å². The summed E-state index contributed by atoms with van der Waals surface area (Å²) in [6.45, 7) is 10.7. The lowest BCUT2D eigenvalue weighted by Crippen LogP contribution is -2.36. The predicted octanol–water partition coefficient (Wildman–Crippen LogP) is 3.58. The topological polar surface area (TPSA) is 64.0 Å². The number of carbonyl (C=O) groups is 1. The van der Waals surface area contributed by atoms with E-state index >= 15 is 0 Å². The monoisotopic (exact) mass is 459 g/mol. The molecule has 0 saturated heterocycles. The van der Waals surface area contributed by atoms with Gasteiger partial charge >= 0.3 is 0 Å². The molecule has 0 bridgehead atoms. The highest BCUT2D eigenvalue weighted by Crippen LogP contribution is 2.40. The van der Waals surface area contributed by atoms with Gasteiger partial charge in [0.2, 0.25) is 0 Å². The number of fused-ring (bicyclic) bond motifs is 3. The van der Waals surface area contributed by atoms with Crippen LogP contribution in [-0.4, -0.2) is 73.3 Å². The lowest BCUT2D eigenvalue weighted by Gasteiger charge is -2.23. The molecule has 8 heteroatoms. The minimum Gasteiger partial charge on any atom is -0.489 e. The number of pyridine rings is 1. The molecule has 3 rings (SSSR count). The molecule has 0 radical (unpaired) electrons.